The van der Waals surface area contributed by atoms with E-state index in [0.29, 0.717) is 5.92 Å². The fraction of sp³-hybridized carbons (Fsp3) is 0.500. The van der Waals surface area contributed by atoms with Crippen molar-refractivity contribution in [3.8, 4) is 0 Å². The highest BCUT2D eigenvalue weighted by molar-refractivity contribution is 5.81. The van der Waals surface area contributed by atoms with Crippen LogP contribution in [0.1, 0.15) is 36.8 Å². The highest BCUT2D eigenvalue weighted by atomic mass is 16.1. The lowest BCUT2D eigenvalue weighted by atomic mass is 9.93. The van der Waals surface area contributed by atoms with E-state index >= 15 is 0 Å². The zero-order valence-corrected chi connectivity index (χ0v) is 11.1. The van der Waals surface area contributed by atoms with Crippen molar-refractivity contribution in [3.05, 3.63) is 35.4 Å². The zero-order chi connectivity index (χ0) is 13.0. The van der Waals surface area contributed by atoms with Gasteiger partial charge in [-0.05, 0) is 38.1 Å². The lowest BCUT2D eigenvalue weighted by Gasteiger charge is -2.18. The van der Waals surface area contributed by atoms with Gasteiger partial charge in [0.25, 0.3) is 0 Å². The number of hydrogen-bond acceptors (Lipinski definition) is 2. The van der Waals surface area contributed by atoms with Crippen LogP contribution in [0.2, 0.25) is 0 Å². The summed E-state index contributed by atoms with van der Waals surface area (Å²) in [5.41, 5.74) is 7.58. The lowest BCUT2D eigenvalue weighted by molar-refractivity contribution is -0.119. The Kier molecular flexibility index (Phi) is 4.70. The maximum absolute atomic E-state index is 11.2. The molecule has 0 radical (unpaired) electrons. The van der Waals surface area contributed by atoms with Crippen LogP contribution < -0.4 is 5.73 Å². The molecule has 0 heterocycles. The standard InChI is InChI=1S/C14H22N2O/c1-10(9-16(3)4)12-6-5-7-13(8-12)11(2)14(15)17/h5-8,10-11H,9H2,1-4H3,(H2,15,17). The summed E-state index contributed by atoms with van der Waals surface area (Å²) in [6.45, 7) is 5.03. The van der Waals surface area contributed by atoms with Crippen molar-refractivity contribution in [2.75, 3.05) is 20.6 Å². The van der Waals surface area contributed by atoms with Gasteiger partial charge < -0.3 is 10.6 Å². The van der Waals surface area contributed by atoms with Crippen molar-refractivity contribution < 1.29 is 4.79 Å². The molecule has 1 aromatic rings. The van der Waals surface area contributed by atoms with E-state index in [-0.39, 0.29) is 11.8 Å². The molecule has 0 saturated heterocycles. The Morgan fingerprint density at radius 1 is 1.29 bits per heavy atom. The molecule has 0 bridgehead atoms. The van der Waals surface area contributed by atoms with Crippen LogP contribution in [-0.2, 0) is 4.79 Å². The van der Waals surface area contributed by atoms with Gasteiger partial charge >= 0.3 is 0 Å². The number of carbonyl (C=O) groups excluding carboxylic acids is 1. The van der Waals surface area contributed by atoms with Crippen molar-refractivity contribution in [1.82, 2.24) is 4.90 Å². The van der Waals surface area contributed by atoms with Crippen LogP contribution in [0.25, 0.3) is 0 Å². The van der Waals surface area contributed by atoms with E-state index in [9.17, 15) is 4.79 Å². The third kappa shape index (κ3) is 3.86. The smallest absolute Gasteiger partial charge is 0.224 e. The number of rotatable bonds is 5. The fourth-order valence-electron chi connectivity index (χ4n) is 1.95. The Morgan fingerprint density at radius 2 is 1.88 bits per heavy atom. The van der Waals surface area contributed by atoms with Gasteiger partial charge in [0.1, 0.15) is 0 Å². The second kappa shape index (κ2) is 5.82. The monoisotopic (exact) mass is 234 g/mol. The van der Waals surface area contributed by atoms with E-state index in [0.717, 1.165) is 12.1 Å². The minimum absolute atomic E-state index is 0.221. The number of hydrogen-bond donors (Lipinski definition) is 1. The topological polar surface area (TPSA) is 46.3 Å². The highest BCUT2D eigenvalue weighted by Crippen LogP contribution is 2.21. The minimum atomic E-state index is -0.276. The molecule has 1 amide bonds. The maximum Gasteiger partial charge on any atom is 0.224 e. The van der Waals surface area contributed by atoms with Crippen LogP contribution >= 0.6 is 0 Å². The van der Waals surface area contributed by atoms with Gasteiger partial charge in [-0.3, -0.25) is 4.79 Å². The maximum atomic E-state index is 11.2. The molecule has 0 saturated carbocycles. The fourth-order valence-corrected chi connectivity index (χ4v) is 1.95. The second-order valence-electron chi connectivity index (χ2n) is 4.96. The van der Waals surface area contributed by atoms with Gasteiger partial charge in [-0.15, -0.1) is 0 Å². The summed E-state index contributed by atoms with van der Waals surface area (Å²) < 4.78 is 0. The number of nitrogens with zero attached hydrogens (tertiary/aromatic N) is 1. The summed E-state index contributed by atoms with van der Waals surface area (Å²) in [6.07, 6.45) is 0. The molecule has 0 fully saturated rings. The first-order valence-corrected chi connectivity index (χ1v) is 5.95. The molecule has 0 aliphatic rings. The highest BCUT2D eigenvalue weighted by Gasteiger charge is 2.13. The summed E-state index contributed by atoms with van der Waals surface area (Å²) in [5.74, 6) is -0.0473. The first-order valence-electron chi connectivity index (χ1n) is 5.95. The Hall–Kier alpha value is -1.35. The van der Waals surface area contributed by atoms with E-state index in [1.165, 1.54) is 5.56 Å². The van der Waals surface area contributed by atoms with Gasteiger partial charge in [-0.25, -0.2) is 0 Å². The number of likely N-dealkylation sites (N-methyl/N-ethyl adjacent to an activating group) is 1. The summed E-state index contributed by atoms with van der Waals surface area (Å²) in [7, 11) is 4.12. The molecule has 3 heteroatoms. The quantitative estimate of drug-likeness (QED) is 0.846. The van der Waals surface area contributed by atoms with Gasteiger partial charge in [0.05, 0.1) is 5.92 Å². The normalized spacial score (nSPS) is 14.6. The summed E-state index contributed by atoms with van der Waals surface area (Å²) >= 11 is 0. The first-order chi connectivity index (χ1) is 7.91. The Balaban J connectivity index is 2.89. The van der Waals surface area contributed by atoms with Crippen LogP contribution in [0.4, 0.5) is 0 Å². The number of primary amides is 1. The van der Waals surface area contributed by atoms with Crippen LogP contribution in [-0.4, -0.2) is 31.4 Å². The predicted octanol–water partition coefficient (Wildman–Crippen LogP) is 1.94. The molecular weight excluding hydrogens is 212 g/mol. The average Bonchev–Trinajstić information content (AvgIpc) is 2.27. The molecule has 94 valence electrons. The average molecular weight is 234 g/mol. The lowest BCUT2D eigenvalue weighted by Crippen LogP contribution is -2.20. The van der Waals surface area contributed by atoms with E-state index in [4.69, 9.17) is 5.73 Å². The largest absolute Gasteiger partial charge is 0.369 e. The Morgan fingerprint density at radius 3 is 2.41 bits per heavy atom. The summed E-state index contributed by atoms with van der Waals surface area (Å²) in [5, 5.41) is 0. The number of nitrogens with two attached hydrogens (primary N) is 1. The molecule has 3 nitrogen and oxygen atoms in total. The molecule has 0 aromatic heterocycles. The summed E-state index contributed by atoms with van der Waals surface area (Å²) in [6, 6.07) is 8.15. The van der Waals surface area contributed by atoms with Crippen LogP contribution in [0.5, 0.6) is 0 Å². The van der Waals surface area contributed by atoms with Crippen LogP contribution in [0.3, 0.4) is 0 Å². The Bertz CT molecular complexity index is 388. The van der Waals surface area contributed by atoms with Gasteiger partial charge in [-0.1, -0.05) is 31.2 Å². The Labute approximate surface area is 104 Å². The van der Waals surface area contributed by atoms with E-state index < -0.39 is 0 Å². The van der Waals surface area contributed by atoms with Gasteiger partial charge in [0.15, 0.2) is 0 Å². The van der Waals surface area contributed by atoms with Crippen LogP contribution in [0.15, 0.2) is 24.3 Å². The molecule has 2 atom stereocenters. The third-order valence-electron chi connectivity index (χ3n) is 3.05. The number of amides is 1. The van der Waals surface area contributed by atoms with Crippen molar-refractivity contribution in [2.24, 2.45) is 5.73 Å². The zero-order valence-electron chi connectivity index (χ0n) is 11.1. The minimum Gasteiger partial charge on any atom is -0.369 e. The van der Waals surface area contributed by atoms with Crippen molar-refractivity contribution >= 4 is 5.91 Å². The number of benzene rings is 1. The molecule has 1 rings (SSSR count). The van der Waals surface area contributed by atoms with E-state index in [2.05, 4.69) is 38.1 Å². The van der Waals surface area contributed by atoms with E-state index in [1.807, 2.05) is 19.1 Å². The molecular formula is C14H22N2O. The second-order valence-corrected chi connectivity index (χ2v) is 4.96. The van der Waals surface area contributed by atoms with E-state index in [1.54, 1.807) is 0 Å². The number of carbonyl (C=O) groups is 1. The SMILES string of the molecule is CC(CN(C)C)c1cccc(C(C)C(N)=O)c1. The van der Waals surface area contributed by atoms with Crippen molar-refractivity contribution in [1.29, 1.82) is 0 Å². The van der Waals surface area contributed by atoms with Gasteiger partial charge in [-0.2, -0.15) is 0 Å². The van der Waals surface area contributed by atoms with Gasteiger partial charge in [0, 0.05) is 6.54 Å². The first kappa shape index (κ1) is 13.7. The molecule has 0 aliphatic heterocycles. The summed E-state index contributed by atoms with van der Waals surface area (Å²) in [4.78, 5) is 13.3. The molecule has 17 heavy (non-hydrogen) atoms. The van der Waals surface area contributed by atoms with Crippen molar-refractivity contribution in [2.45, 2.75) is 25.7 Å². The van der Waals surface area contributed by atoms with Gasteiger partial charge in [0.2, 0.25) is 5.91 Å². The van der Waals surface area contributed by atoms with Crippen molar-refractivity contribution in [3.63, 3.8) is 0 Å². The molecule has 0 aliphatic carbocycles. The molecule has 1 aromatic carbocycles. The molecule has 2 N–H and O–H groups in total. The van der Waals surface area contributed by atoms with Crippen LogP contribution in [0, 0.1) is 0 Å². The molecule has 2 unspecified atom stereocenters. The third-order valence-corrected chi connectivity index (χ3v) is 3.05. The molecule has 0 spiro atoms. The predicted molar refractivity (Wildman–Crippen MR) is 71.0 cm³/mol.